The van der Waals surface area contributed by atoms with Crippen molar-refractivity contribution in [3.8, 4) is 0 Å². The highest BCUT2D eigenvalue weighted by Crippen LogP contribution is 2.15. The Kier molecular flexibility index (Phi) is 4.38. The van der Waals surface area contributed by atoms with E-state index in [1.54, 1.807) is 0 Å². The van der Waals surface area contributed by atoms with Gasteiger partial charge in [0.1, 0.15) is 18.8 Å². The van der Waals surface area contributed by atoms with Crippen molar-refractivity contribution in [3.05, 3.63) is 11.3 Å². The van der Waals surface area contributed by atoms with E-state index in [1.165, 1.54) is 6.92 Å². The topological polar surface area (TPSA) is 142 Å². The van der Waals surface area contributed by atoms with E-state index in [9.17, 15) is 14.4 Å². The minimum atomic E-state index is -1.23. The van der Waals surface area contributed by atoms with E-state index >= 15 is 0 Å². The Bertz CT molecular complexity index is 481. The molecule has 0 saturated heterocycles. The van der Waals surface area contributed by atoms with Gasteiger partial charge >= 0.3 is 11.9 Å². The second kappa shape index (κ2) is 5.77. The maximum absolute atomic E-state index is 11.3. The fourth-order valence-electron chi connectivity index (χ4n) is 1.18. The van der Waals surface area contributed by atoms with Crippen molar-refractivity contribution in [2.75, 3.05) is 18.5 Å². The Labute approximate surface area is 101 Å². The Hall–Kier alpha value is -2.42. The first-order chi connectivity index (χ1) is 8.41. The molecule has 1 aromatic heterocycles. The molecule has 98 valence electrons. The van der Waals surface area contributed by atoms with E-state index in [-0.39, 0.29) is 11.4 Å². The zero-order valence-electron chi connectivity index (χ0n) is 9.39. The summed E-state index contributed by atoms with van der Waals surface area (Å²) >= 11 is 0. The summed E-state index contributed by atoms with van der Waals surface area (Å²) in [6, 6.07) is 0. The number of H-pyrrole nitrogens is 1. The summed E-state index contributed by atoms with van der Waals surface area (Å²) in [7, 11) is 0. The van der Waals surface area contributed by atoms with E-state index in [4.69, 9.17) is 10.2 Å². The molecule has 0 aliphatic heterocycles. The molecule has 0 aromatic carbocycles. The summed E-state index contributed by atoms with van der Waals surface area (Å²) in [5.41, 5.74) is 0.144. The average molecular weight is 257 g/mol. The van der Waals surface area contributed by atoms with Crippen LogP contribution >= 0.6 is 0 Å². The number of hydrogen-bond acceptors (Lipinski definition) is 5. The molecule has 4 N–H and O–H groups in total. The molecule has 0 radical (unpaired) electrons. The molecule has 0 fully saturated rings. The molecular weight excluding hydrogens is 246 g/mol. The molecule has 0 unspecified atom stereocenters. The summed E-state index contributed by atoms with van der Waals surface area (Å²) < 4.78 is 4.54. The van der Waals surface area contributed by atoms with Gasteiger partial charge in [-0.05, 0) is 6.92 Å². The molecule has 1 rings (SSSR count). The van der Waals surface area contributed by atoms with Crippen LogP contribution in [0.15, 0.2) is 0 Å². The lowest BCUT2D eigenvalue weighted by Crippen LogP contribution is -2.22. The average Bonchev–Trinajstić information content (AvgIpc) is 2.58. The van der Waals surface area contributed by atoms with E-state index in [2.05, 4.69) is 20.3 Å². The number of carbonyl (C=O) groups is 3. The lowest BCUT2D eigenvalue weighted by atomic mass is 10.2. The van der Waals surface area contributed by atoms with Crippen LogP contribution in [0.25, 0.3) is 0 Å². The number of rotatable bonds is 6. The van der Waals surface area contributed by atoms with Crippen molar-refractivity contribution in [1.82, 2.24) is 10.2 Å². The number of aromatic nitrogens is 2. The number of carboxylic acid groups (broad SMARTS) is 2. The Morgan fingerprint density at radius 2 is 2.00 bits per heavy atom. The van der Waals surface area contributed by atoms with Gasteiger partial charge in [0.15, 0.2) is 5.82 Å². The van der Waals surface area contributed by atoms with Crippen molar-refractivity contribution >= 4 is 23.7 Å². The first-order valence-corrected chi connectivity index (χ1v) is 4.79. The fraction of sp³-hybridized carbons (Fsp3) is 0.333. The van der Waals surface area contributed by atoms with Gasteiger partial charge in [0.2, 0.25) is 0 Å². The maximum atomic E-state index is 11.3. The third-order valence-corrected chi connectivity index (χ3v) is 1.88. The molecule has 1 heterocycles. The van der Waals surface area contributed by atoms with Gasteiger partial charge in [0.05, 0.1) is 0 Å². The number of anilines is 1. The molecule has 0 aliphatic rings. The smallest absolute Gasteiger partial charge is 0.341 e. The van der Waals surface area contributed by atoms with Crippen LogP contribution in [0, 0.1) is 6.92 Å². The van der Waals surface area contributed by atoms with Crippen LogP contribution in [0.4, 0.5) is 5.82 Å². The highest BCUT2D eigenvalue weighted by atomic mass is 16.5. The van der Waals surface area contributed by atoms with Gasteiger partial charge in [-0.25, -0.2) is 9.59 Å². The predicted molar refractivity (Wildman–Crippen MR) is 57.4 cm³/mol. The number of ether oxygens (including phenoxy) is 1. The van der Waals surface area contributed by atoms with Crippen LogP contribution < -0.4 is 5.32 Å². The van der Waals surface area contributed by atoms with Crippen molar-refractivity contribution in [2.45, 2.75) is 6.92 Å². The van der Waals surface area contributed by atoms with Crippen LogP contribution in [-0.4, -0.2) is 51.5 Å². The number of aromatic amines is 1. The van der Waals surface area contributed by atoms with Gasteiger partial charge in [0, 0.05) is 5.69 Å². The third kappa shape index (κ3) is 3.56. The van der Waals surface area contributed by atoms with E-state index in [1.807, 2.05) is 0 Å². The lowest BCUT2D eigenvalue weighted by molar-refractivity contribution is -0.143. The molecular formula is C9H11N3O6. The fourth-order valence-corrected chi connectivity index (χ4v) is 1.18. The Balaban J connectivity index is 2.59. The SMILES string of the molecule is Cc1[nH]nc(NC(=O)COCC(=O)O)c1C(=O)O. The van der Waals surface area contributed by atoms with Gasteiger partial charge in [-0.2, -0.15) is 5.10 Å². The standard InChI is InChI=1S/C9H11N3O6/c1-4-7(9(16)17)8(12-11-4)10-5(13)2-18-3-6(14)15/h2-3H2,1H3,(H,14,15)(H,16,17)(H2,10,11,12,13). The van der Waals surface area contributed by atoms with E-state index in [0.717, 1.165) is 0 Å². The first-order valence-electron chi connectivity index (χ1n) is 4.79. The van der Waals surface area contributed by atoms with Crippen LogP contribution in [0.3, 0.4) is 0 Å². The number of aliphatic carboxylic acids is 1. The number of nitrogens with zero attached hydrogens (tertiary/aromatic N) is 1. The zero-order chi connectivity index (χ0) is 13.7. The van der Waals surface area contributed by atoms with Gasteiger partial charge in [-0.1, -0.05) is 0 Å². The van der Waals surface area contributed by atoms with Crippen LogP contribution in [0.1, 0.15) is 16.1 Å². The molecule has 1 amide bonds. The number of nitrogens with one attached hydrogen (secondary N) is 2. The monoisotopic (exact) mass is 257 g/mol. The third-order valence-electron chi connectivity index (χ3n) is 1.88. The molecule has 9 heteroatoms. The Morgan fingerprint density at radius 1 is 1.33 bits per heavy atom. The normalized spacial score (nSPS) is 10.1. The summed E-state index contributed by atoms with van der Waals surface area (Å²) in [6.07, 6.45) is 0. The van der Waals surface area contributed by atoms with Crippen molar-refractivity contribution in [2.24, 2.45) is 0 Å². The highest BCUT2D eigenvalue weighted by Gasteiger charge is 2.18. The minimum Gasteiger partial charge on any atom is -0.480 e. The molecule has 1 aromatic rings. The molecule has 9 nitrogen and oxygen atoms in total. The zero-order valence-corrected chi connectivity index (χ0v) is 9.39. The van der Waals surface area contributed by atoms with Crippen LogP contribution in [0.5, 0.6) is 0 Å². The van der Waals surface area contributed by atoms with Crippen molar-refractivity contribution in [3.63, 3.8) is 0 Å². The Morgan fingerprint density at radius 3 is 2.56 bits per heavy atom. The summed E-state index contributed by atoms with van der Waals surface area (Å²) in [6.45, 7) is 0.378. The lowest BCUT2D eigenvalue weighted by Gasteiger charge is -2.03. The van der Waals surface area contributed by atoms with Crippen molar-refractivity contribution in [1.29, 1.82) is 0 Å². The maximum Gasteiger partial charge on any atom is 0.341 e. The minimum absolute atomic E-state index is 0.135. The van der Waals surface area contributed by atoms with Gasteiger partial charge in [-0.15, -0.1) is 0 Å². The van der Waals surface area contributed by atoms with Gasteiger partial charge in [0.25, 0.3) is 5.91 Å². The van der Waals surface area contributed by atoms with Crippen molar-refractivity contribution < 1.29 is 29.3 Å². The van der Waals surface area contributed by atoms with Gasteiger partial charge in [-0.3, -0.25) is 9.89 Å². The number of carbonyl (C=O) groups excluding carboxylic acids is 1. The van der Waals surface area contributed by atoms with Crippen LogP contribution in [0.2, 0.25) is 0 Å². The molecule has 18 heavy (non-hydrogen) atoms. The second-order valence-electron chi connectivity index (χ2n) is 3.31. The first kappa shape index (κ1) is 13.6. The summed E-state index contributed by atoms with van der Waals surface area (Å²) in [5, 5.41) is 25.4. The van der Waals surface area contributed by atoms with Gasteiger partial charge < -0.3 is 20.3 Å². The summed E-state index contributed by atoms with van der Waals surface area (Å²) in [4.78, 5) is 32.3. The number of hydrogen-bond donors (Lipinski definition) is 4. The number of carboxylic acids is 2. The molecule has 0 bridgehead atoms. The highest BCUT2D eigenvalue weighted by molar-refractivity contribution is 6.00. The van der Waals surface area contributed by atoms with Crippen LogP contribution in [-0.2, 0) is 14.3 Å². The quantitative estimate of drug-likeness (QED) is 0.535. The van der Waals surface area contributed by atoms with E-state index < -0.39 is 31.1 Å². The predicted octanol–water partition coefficient (Wildman–Crippen LogP) is -0.544. The molecule has 0 spiro atoms. The summed E-state index contributed by atoms with van der Waals surface area (Å²) in [5.74, 6) is -3.26. The molecule has 0 atom stereocenters. The second-order valence-corrected chi connectivity index (χ2v) is 3.31. The number of aryl methyl sites for hydroxylation is 1. The number of aromatic carboxylic acids is 1. The largest absolute Gasteiger partial charge is 0.480 e. The number of amides is 1. The molecule has 0 aliphatic carbocycles. The van der Waals surface area contributed by atoms with E-state index in [0.29, 0.717) is 5.69 Å². The molecule has 0 saturated carbocycles.